The summed E-state index contributed by atoms with van der Waals surface area (Å²) in [7, 11) is 0. The summed E-state index contributed by atoms with van der Waals surface area (Å²) in [6.07, 6.45) is 4.39. The highest BCUT2D eigenvalue weighted by atomic mass is 16.6. The standard InChI is InChI=1S/C11H17N3O4/c1-8(15)12-7-10(13-16)6-9-4-2-3-5-11(9)14(17)18/h6,11,16H,2-5,7H2,1H3,(H,12,15)/b9-6+,13-10-. The van der Waals surface area contributed by atoms with Crippen LogP contribution in [0.3, 0.4) is 0 Å². The molecule has 18 heavy (non-hydrogen) atoms. The highest BCUT2D eigenvalue weighted by molar-refractivity contribution is 5.98. The fourth-order valence-corrected chi connectivity index (χ4v) is 1.97. The predicted molar refractivity (Wildman–Crippen MR) is 65.2 cm³/mol. The zero-order valence-electron chi connectivity index (χ0n) is 10.3. The third kappa shape index (κ3) is 4.15. The van der Waals surface area contributed by atoms with Gasteiger partial charge in [0.15, 0.2) is 0 Å². The molecule has 1 fully saturated rings. The molecule has 0 radical (unpaired) electrons. The van der Waals surface area contributed by atoms with Crippen molar-refractivity contribution in [1.29, 1.82) is 0 Å². The second-order valence-corrected chi connectivity index (χ2v) is 4.27. The molecule has 7 heteroatoms. The Morgan fingerprint density at radius 3 is 2.94 bits per heavy atom. The molecule has 1 aliphatic rings. The van der Waals surface area contributed by atoms with E-state index < -0.39 is 6.04 Å². The number of amides is 1. The molecule has 1 unspecified atom stereocenters. The van der Waals surface area contributed by atoms with Crippen molar-refractivity contribution in [2.45, 2.75) is 38.6 Å². The van der Waals surface area contributed by atoms with Gasteiger partial charge in [-0.1, -0.05) is 5.16 Å². The van der Waals surface area contributed by atoms with E-state index in [-0.39, 0.29) is 23.1 Å². The van der Waals surface area contributed by atoms with Gasteiger partial charge in [0.2, 0.25) is 11.9 Å². The molecule has 0 spiro atoms. The van der Waals surface area contributed by atoms with Gasteiger partial charge in [-0.15, -0.1) is 0 Å². The van der Waals surface area contributed by atoms with Crippen LogP contribution in [0.5, 0.6) is 0 Å². The third-order valence-corrected chi connectivity index (χ3v) is 2.87. The number of carbonyl (C=O) groups is 1. The minimum Gasteiger partial charge on any atom is -0.411 e. The number of nitro groups is 1. The Morgan fingerprint density at radius 2 is 2.39 bits per heavy atom. The Bertz CT molecular complexity index is 390. The molecule has 0 aromatic rings. The van der Waals surface area contributed by atoms with Gasteiger partial charge < -0.3 is 10.5 Å². The molecular formula is C11H17N3O4. The fourth-order valence-electron chi connectivity index (χ4n) is 1.97. The molecule has 1 amide bonds. The zero-order chi connectivity index (χ0) is 13.5. The lowest BCUT2D eigenvalue weighted by molar-refractivity contribution is -0.514. The molecule has 0 aliphatic heterocycles. The molecule has 1 aliphatic carbocycles. The van der Waals surface area contributed by atoms with E-state index in [2.05, 4.69) is 10.5 Å². The maximum absolute atomic E-state index is 10.9. The van der Waals surface area contributed by atoms with Crippen molar-refractivity contribution in [2.75, 3.05) is 6.54 Å². The van der Waals surface area contributed by atoms with Crippen LogP contribution in [0.1, 0.15) is 32.6 Å². The quantitative estimate of drug-likeness (QED) is 0.339. The molecule has 0 heterocycles. The van der Waals surface area contributed by atoms with Crippen molar-refractivity contribution in [1.82, 2.24) is 5.32 Å². The van der Waals surface area contributed by atoms with E-state index in [1.165, 1.54) is 13.0 Å². The lowest BCUT2D eigenvalue weighted by Crippen LogP contribution is -2.29. The van der Waals surface area contributed by atoms with Crippen LogP contribution in [-0.2, 0) is 4.79 Å². The first-order chi connectivity index (χ1) is 8.54. The van der Waals surface area contributed by atoms with Crippen LogP contribution in [-0.4, -0.2) is 34.3 Å². The SMILES string of the molecule is CC(=O)NCC(/C=C1\CCCCC1[N+](=O)[O-])=N\O. The number of nitrogens with zero attached hydrogens (tertiary/aromatic N) is 2. The fraction of sp³-hybridized carbons (Fsp3) is 0.636. The summed E-state index contributed by atoms with van der Waals surface area (Å²) in [5.41, 5.74) is 0.887. The number of hydrogen-bond acceptors (Lipinski definition) is 5. The Labute approximate surface area is 105 Å². The first-order valence-corrected chi connectivity index (χ1v) is 5.84. The summed E-state index contributed by atoms with van der Waals surface area (Å²) in [6.45, 7) is 1.42. The van der Waals surface area contributed by atoms with Gasteiger partial charge in [0.05, 0.1) is 12.3 Å². The maximum atomic E-state index is 10.9. The van der Waals surface area contributed by atoms with Crippen LogP contribution in [0.15, 0.2) is 16.8 Å². The molecule has 0 saturated heterocycles. The van der Waals surface area contributed by atoms with Gasteiger partial charge >= 0.3 is 0 Å². The van der Waals surface area contributed by atoms with E-state index in [0.29, 0.717) is 18.4 Å². The van der Waals surface area contributed by atoms with Crippen LogP contribution in [0.4, 0.5) is 0 Å². The van der Waals surface area contributed by atoms with Crippen molar-refractivity contribution in [3.05, 3.63) is 21.8 Å². The topological polar surface area (TPSA) is 105 Å². The van der Waals surface area contributed by atoms with Crippen molar-refractivity contribution >= 4 is 11.6 Å². The van der Waals surface area contributed by atoms with Crippen molar-refractivity contribution in [3.8, 4) is 0 Å². The number of oxime groups is 1. The van der Waals surface area contributed by atoms with Crippen LogP contribution in [0.25, 0.3) is 0 Å². The molecule has 0 aromatic carbocycles. The number of hydrogen-bond donors (Lipinski definition) is 2. The van der Waals surface area contributed by atoms with Gasteiger partial charge in [0, 0.05) is 23.8 Å². The minimum absolute atomic E-state index is 0.0692. The van der Waals surface area contributed by atoms with Crippen LogP contribution >= 0.6 is 0 Å². The third-order valence-electron chi connectivity index (χ3n) is 2.87. The smallest absolute Gasteiger partial charge is 0.234 e. The first kappa shape index (κ1) is 14.1. The monoisotopic (exact) mass is 255 g/mol. The Balaban J connectivity index is 2.76. The van der Waals surface area contributed by atoms with Gasteiger partial charge in [-0.25, -0.2) is 0 Å². The van der Waals surface area contributed by atoms with E-state index in [9.17, 15) is 14.9 Å². The van der Waals surface area contributed by atoms with Crippen LogP contribution < -0.4 is 5.32 Å². The Morgan fingerprint density at radius 1 is 1.67 bits per heavy atom. The van der Waals surface area contributed by atoms with E-state index in [1.807, 2.05) is 0 Å². The average molecular weight is 255 g/mol. The van der Waals surface area contributed by atoms with Crippen molar-refractivity contribution < 1.29 is 14.9 Å². The second kappa shape index (κ2) is 6.73. The highest BCUT2D eigenvalue weighted by Gasteiger charge is 2.28. The van der Waals surface area contributed by atoms with Crippen LogP contribution in [0, 0.1) is 10.1 Å². The average Bonchev–Trinajstić information content (AvgIpc) is 2.34. The molecule has 100 valence electrons. The summed E-state index contributed by atoms with van der Waals surface area (Å²) in [6, 6.07) is -0.701. The summed E-state index contributed by atoms with van der Waals surface area (Å²) >= 11 is 0. The highest BCUT2D eigenvalue weighted by Crippen LogP contribution is 2.25. The maximum Gasteiger partial charge on any atom is 0.234 e. The van der Waals surface area contributed by atoms with E-state index in [1.54, 1.807) is 0 Å². The number of nitrogens with one attached hydrogen (secondary N) is 1. The summed E-state index contributed by atoms with van der Waals surface area (Å²) in [5.74, 6) is -0.246. The first-order valence-electron chi connectivity index (χ1n) is 5.84. The zero-order valence-corrected chi connectivity index (χ0v) is 10.3. The van der Waals surface area contributed by atoms with Gasteiger partial charge in [0.25, 0.3) is 0 Å². The normalized spacial score (nSPS) is 22.8. The molecule has 2 N–H and O–H groups in total. The second-order valence-electron chi connectivity index (χ2n) is 4.27. The van der Waals surface area contributed by atoms with Gasteiger partial charge in [0.1, 0.15) is 0 Å². The summed E-state index contributed by atoms with van der Waals surface area (Å²) in [4.78, 5) is 21.3. The minimum atomic E-state index is -0.701. The van der Waals surface area contributed by atoms with Gasteiger partial charge in [-0.05, 0) is 25.3 Å². The molecular weight excluding hydrogens is 238 g/mol. The lowest BCUT2D eigenvalue weighted by atomic mass is 9.89. The predicted octanol–water partition coefficient (Wildman–Crippen LogP) is 1.10. The van der Waals surface area contributed by atoms with Crippen molar-refractivity contribution in [2.24, 2.45) is 5.16 Å². The van der Waals surface area contributed by atoms with Gasteiger partial charge in [-0.3, -0.25) is 14.9 Å². The Kier molecular flexibility index (Phi) is 5.29. The largest absolute Gasteiger partial charge is 0.411 e. The van der Waals surface area contributed by atoms with E-state index in [4.69, 9.17) is 5.21 Å². The molecule has 0 bridgehead atoms. The number of rotatable bonds is 4. The molecule has 1 rings (SSSR count). The van der Waals surface area contributed by atoms with Gasteiger partial charge in [-0.2, -0.15) is 0 Å². The molecule has 7 nitrogen and oxygen atoms in total. The van der Waals surface area contributed by atoms with Crippen LogP contribution in [0.2, 0.25) is 0 Å². The van der Waals surface area contributed by atoms with Crippen molar-refractivity contribution in [3.63, 3.8) is 0 Å². The summed E-state index contributed by atoms with van der Waals surface area (Å²) in [5, 5.41) is 25.2. The molecule has 1 saturated carbocycles. The van der Waals surface area contributed by atoms with E-state index >= 15 is 0 Å². The lowest BCUT2D eigenvalue weighted by Gasteiger charge is -2.18. The number of carbonyl (C=O) groups excluding carboxylic acids is 1. The molecule has 1 atom stereocenters. The molecule has 0 aromatic heterocycles. The summed E-state index contributed by atoms with van der Waals surface area (Å²) < 4.78 is 0. The van der Waals surface area contributed by atoms with E-state index in [0.717, 1.165) is 12.8 Å². The Hall–Kier alpha value is -1.92.